The first-order valence-electron chi connectivity index (χ1n) is 8.49. The van der Waals surface area contributed by atoms with Crippen LogP contribution in [0.3, 0.4) is 0 Å². The van der Waals surface area contributed by atoms with Crippen molar-refractivity contribution in [3.63, 3.8) is 0 Å². The molecule has 0 unspecified atom stereocenters. The number of sulfonamides is 1. The first-order chi connectivity index (χ1) is 11.9. The summed E-state index contributed by atoms with van der Waals surface area (Å²) in [4.78, 5) is 25.4. The summed E-state index contributed by atoms with van der Waals surface area (Å²) in [7, 11) is -3.63. The molecule has 0 aromatic heterocycles. The normalized spacial score (nSPS) is 18.8. The Balaban J connectivity index is 1.65. The number of ether oxygens (including phenoxy) is 1. The maximum absolute atomic E-state index is 12.7. The third-order valence-electron chi connectivity index (χ3n) is 4.49. The minimum atomic E-state index is -3.63. The Hall–Kier alpha value is -1.93. The number of Topliss-reactive ketones (excluding diaryl/α,β-unsaturated/α-hetero) is 1. The third-order valence-corrected chi connectivity index (χ3v) is 6.40. The van der Waals surface area contributed by atoms with Crippen LogP contribution in [0.5, 0.6) is 0 Å². The van der Waals surface area contributed by atoms with Gasteiger partial charge in [0.15, 0.2) is 5.78 Å². The molecule has 1 heterocycles. The fourth-order valence-electron chi connectivity index (χ4n) is 2.85. The lowest BCUT2D eigenvalue weighted by atomic mass is 10.1. The van der Waals surface area contributed by atoms with Gasteiger partial charge < -0.3 is 9.64 Å². The molecule has 1 amide bonds. The van der Waals surface area contributed by atoms with E-state index in [1.165, 1.54) is 21.3 Å². The fourth-order valence-corrected chi connectivity index (χ4v) is 4.27. The molecular formula is C17H22N2O5S. The van der Waals surface area contributed by atoms with Crippen LogP contribution in [0, 0.1) is 5.92 Å². The van der Waals surface area contributed by atoms with Crippen molar-refractivity contribution in [2.75, 3.05) is 32.8 Å². The van der Waals surface area contributed by atoms with Crippen LogP contribution in [0.1, 0.15) is 30.1 Å². The number of carbonyl (C=O) groups excluding carboxylic acids is 2. The van der Waals surface area contributed by atoms with Crippen LogP contribution < -0.4 is 0 Å². The lowest BCUT2D eigenvalue weighted by molar-refractivity contribution is 0.0933. The van der Waals surface area contributed by atoms with Gasteiger partial charge in [-0.1, -0.05) is 12.1 Å². The van der Waals surface area contributed by atoms with Gasteiger partial charge >= 0.3 is 6.09 Å². The molecule has 0 radical (unpaired) electrons. The fraction of sp³-hybridized carbons (Fsp3) is 0.529. The molecule has 0 bridgehead atoms. The summed E-state index contributed by atoms with van der Waals surface area (Å²) < 4.78 is 31.7. The second-order valence-corrected chi connectivity index (χ2v) is 8.19. The van der Waals surface area contributed by atoms with Crippen molar-refractivity contribution < 1.29 is 22.7 Å². The summed E-state index contributed by atoms with van der Waals surface area (Å²) in [6, 6.07) is 6.15. The highest BCUT2D eigenvalue weighted by atomic mass is 32.2. The molecule has 25 heavy (non-hydrogen) atoms. The summed E-state index contributed by atoms with van der Waals surface area (Å²) in [5, 5.41) is 0. The molecule has 0 atom stereocenters. The molecule has 1 aliphatic carbocycles. The number of benzene rings is 1. The Morgan fingerprint density at radius 2 is 1.68 bits per heavy atom. The highest BCUT2D eigenvalue weighted by Gasteiger charge is 2.32. The van der Waals surface area contributed by atoms with Crippen molar-refractivity contribution in [1.82, 2.24) is 9.21 Å². The molecular weight excluding hydrogens is 344 g/mol. The second kappa shape index (κ2) is 7.13. The van der Waals surface area contributed by atoms with Crippen molar-refractivity contribution >= 4 is 21.9 Å². The van der Waals surface area contributed by atoms with E-state index in [0.29, 0.717) is 25.3 Å². The summed E-state index contributed by atoms with van der Waals surface area (Å²) in [5.41, 5.74) is 0.564. The average Bonchev–Trinajstić information content (AvgIpc) is 3.47. The number of amides is 1. The standard InChI is InChI=1S/C17H22N2O5S/c1-2-24-17(21)18-9-11-19(12-10-18)25(22,23)15-7-5-14(6-8-15)16(20)13-3-4-13/h5-8,13H,2-4,9-12H2,1H3. The monoisotopic (exact) mass is 366 g/mol. The highest BCUT2D eigenvalue weighted by Crippen LogP contribution is 2.32. The van der Waals surface area contributed by atoms with Crippen LogP contribution >= 0.6 is 0 Å². The number of hydrogen-bond acceptors (Lipinski definition) is 5. The van der Waals surface area contributed by atoms with Crippen molar-refractivity contribution in [1.29, 1.82) is 0 Å². The number of ketones is 1. The number of nitrogens with zero attached hydrogens (tertiary/aromatic N) is 2. The lowest BCUT2D eigenvalue weighted by Gasteiger charge is -2.33. The van der Waals surface area contributed by atoms with Crippen LogP contribution in [0.4, 0.5) is 4.79 Å². The molecule has 136 valence electrons. The number of hydrogen-bond donors (Lipinski definition) is 0. The minimum absolute atomic E-state index is 0.0898. The largest absolute Gasteiger partial charge is 0.450 e. The average molecular weight is 366 g/mol. The van der Waals surface area contributed by atoms with Gasteiger partial charge in [-0.3, -0.25) is 4.79 Å². The van der Waals surface area contributed by atoms with Crippen LogP contribution in [-0.4, -0.2) is 62.3 Å². The van der Waals surface area contributed by atoms with Gasteiger partial charge in [0.1, 0.15) is 0 Å². The Labute approximate surface area is 147 Å². The Morgan fingerprint density at radius 1 is 1.08 bits per heavy atom. The van der Waals surface area contributed by atoms with E-state index in [1.54, 1.807) is 19.1 Å². The quantitative estimate of drug-likeness (QED) is 0.741. The molecule has 1 aliphatic heterocycles. The molecule has 7 nitrogen and oxygen atoms in total. The number of rotatable bonds is 5. The first kappa shape index (κ1) is 17.9. The van der Waals surface area contributed by atoms with E-state index in [9.17, 15) is 18.0 Å². The van der Waals surface area contributed by atoms with E-state index in [1.807, 2.05) is 0 Å². The van der Waals surface area contributed by atoms with Crippen molar-refractivity contribution in [2.45, 2.75) is 24.7 Å². The second-order valence-electron chi connectivity index (χ2n) is 6.25. The molecule has 1 aromatic carbocycles. The van der Waals surface area contributed by atoms with Crippen LogP contribution in [0.25, 0.3) is 0 Å². The first-order valence-corrected chi connectivity index (χ1v) is 9.93. The Bertz CT molecular complexity index is 748. The van der Waals surface area contributed by atoms with E-state index in [4.69, 9.17) is 4.74 Å². The van der Waals surface area contributed by atoms with E-state index in [-0.39, 0.29) is 29.7 Å². The molecule has 2 aliphatic rings. The molecule has 0 N–H and O–H groups in total. The van der Waals surface area contributed by atoms with Gasteiger partial charge in [0.25, 0.3) is 0 Å². The smallest absolute Gasteiger partial charge is 0.409 e. The molecule has 1 saturated carbocycles. The molecule has 3 rings (SSSR count). The van der Waals surface area contributed by atoms with Crippen LogP contribution in [0.2, 0.25) is 0 Å². The van der Waals surface area contributed by atoms with Gasteiger partial charge in [0.05, 0.1) is 11.5 Å². The highest BCUT2D eigenvalue weighted by molar-refractivity contribution is 7.89. The zero-order valence-electron chi connectivity index (χ0n) is 14.2. The zero-order chi connectivity index (χ0) is 18.0. The van der Waals surface area contributed by atoms with E-state index < -0.39 is 16.1 Å². The summed E-state index contributed by atoms with van der Waals surface area (Å²) in [5.74, 6) is 0.199. The summed E-state index contributed by atoms with van der Waals surface area (Å²) in [6.07, 6.45) is 1.43. The third kappa shape index (κ3) is 3.85. The predicted molar refractivity (Wildman–Crippen MR) is 90.9 cm³/mol. The van der Waals surface area contributed by atoms with Crippen LogP contribution in [-0.2, 0) is 14.8 Å². The van der Waals surface area contributed by atoms with E-state index in [2.05, 4.69) is 0 Å². The predicted octanol–water partition coefficient (Wildman–Crippen LogP) is 1.74. The summed E-state index contributed by atoms with van der Waals surface area (Å²) >= 11 is 0. The molecule has 0 spiro atoms. The molecule has 8 heteroatoms. The Morgan fingerprint density at radius 3 is 2.20 bits per heavy atom. The van der Waals surface area contributed by atoms with Crippen molar-refractivity contribution in [2.24, 2.45) is 5.92 Å². The maximum Gasteiger partial charge on any atom is 0.409 e. The number of piperazine rings is 1. The SMILES string of the molecule is CCOC(=O)N1CCN(S(=O)(=O)c2ccc(C(=O)C3CC3)cc2)CC1. The Kier molecular flexibility index (Phi) is 5.10. The topological polar surface area (TPSA) is 84.0 Å². The van der Waals surface area contributed by atoms with Gasteiger partial charge in [0, 0.05) is 37.7 Å². The van der Waals surface area contributed by atoms with Crippen molar-refractivity contribution in [3.8, 4) is 0 Å². The van der Waals surface area contributed by atoms with Gasteiger partial charge in [0.2, 0.25) is 10.0 Å². The molecule has 1 saturated heterocycles. The van der Waals surface area contributed by atoms with E-state index >= 15 is 0 Å². The summed E-state index contributed by atoms with van der Waals surface area (Å²) in [6.45, 7) is 3.08. The van der Waals surface area contributed by atoms with Crippen LogP contribution in [0.15, 0.2) is 29.2 Å². The molecule has 2 fully saturated rings. The minimum Gasteiger partial charge on any atom is -0.450 e. The van der Waals surface area contributed by atoms with E-state index in [0.717, 1.165) is 12.8 Å². The maximum atomic E-state index is 12.7. The molecule has 1 aromatic rings. The van der Waals surface area contributed by atoms with Gasteiger partial charge in [-0.2, -0.15) is 4.31 Å². The zero-order valence-corrected chi connectivity index (χ0v) is 15.0. The number of carbonyl (C=O) groups is 2. The van der Waals surface area contributed by atoms with Gasteiger partial charge in [-0.15, -0.1) is 0 Å². The van der Waals surface area contributed by atoms with Crippen molar-refractivity contribution in [3.05, 3.63) is 29.8 Å². The lowest BCUT2D eigenvalue weighted by Crippen LogP contribution is -2.50. The van der Waals surface area contributed by atoms with Gasteiger partial charge in [-0.05, 0) is 31.9 Å². The van der Waals surface area contributed by atoms with Gasteiger partial charge in [-0.25, -0.2) is 13.2 Å².